The van der Waals surface area contributed by atoms with Gasteiger partial charge in [-0.15, -0.1) is 11.3 Å². The molecule has 0 aliphatic carbocycles. The number of carbonyl (C=O) groups excluding carboxylic acids is 1. The highest BCUT2D eigenvalue weighted by Gasteiger charge is 2.24. The molecule has 2 aromatic heterocycles. The summed E-state index contributed by atoms with van der Waals surface area (Å²) in [7, 11) is -2.43. The Labute approximate surface area is 118 Å². The third kappa shape index (κ3) is 2.77. The van der Waals surface area contributed by atoms with Gasteiger partial charge in [-0.3, -0.25) is 14.2 Å². The number of aryl methyl sites for hydroxylation is 1. The van der Waals surface area contributed by atoms with Crippen LogP contribution in [0.25, 0.3) is 0 Å². The molecule has 0 unspecified atom stereocenters. The first-order chi connectivity index (χ1) is 8.81. The van der Waals surface area contributed by atoms with Crippen molar-refractivity contribution < 1.29 is 13.2 Å². The van der Waals surface area contributed by atoms with Crippen molar-refractivity contribution in [3.63, 3.8) is 0 Å². The molecule has 2 aromatic rings. The van der Waals surface area contributed by atoms with Gasteiger partial charge in [-0.2, -0.15) is 13.5 Å². The number of aromatic nitrogens is 3. The third-order valence-corrected chi connectivity index (χ3v) is 4.91. The third-order valence-electron chi connectivity index (χ3n) is 2.18. The average Bonchev–Trinajstić information content (AvgIpc) is 2.85. The van der Waals surface area contributed by atoms with Crippen molar-refractivity contribution in [3.8, 4) is 0 Å². The Kier molecular flexibility index (Phi) is 3.61. The second kappa shape index (κ2) is 4.91. The van der Waals surface area contributed by atoms with Crippen LogP contribution in [0.1, 0.15) is 17.4 Å². The predicted octanol–water partition coefficient (Wildman–Crippen LogP) is 1.53. The molecule has 0 saturated carbocycles. The van der Waals surface area contributed by atoms with Crippen molar-refractivity contribution >= 4 is 43.9 Å². The van der Waals surface area contributed by atoms with Crippen LogP contribution in [-0.4, -0.2) is 29.0 Å². The van der Waals surface area contributed by atoms with Crippen LogP contribution >= 0.6 is 22.9 Å². The van der Waals surface area contributed by atoms with E-state index < -0.39 is 10.0 Å². The zero-order valence-electron chi connectivity index (χ0n) is 9.92. The number of Topliss-reactive ketones (excluding diaryl/α,β-unsaturated/α-hetero) is 1. The Morgan fingerprint density at radius 1 is 1.53 bits per heavy atom. The molecule has 0 aliphatic heterocycles. The van der Waals surface area contributed by atoms with Crippen LogP contribution < -0.4 is 4.72 Å². The molecule has 102 valence electrons. The Bertz CT molecular complexity index is 715. The van der Waals surface area contributed by atoms with Gasteiger partial charge < -0.3 is 0 Å². The van der Waals surface area contributed by atoms with Gasteiger partial charge >= 0.3 is 0 Å². The Morgan fingerprint density at radius 3 is 2.68 bits per heavy atom. The average molecular weight is 321 g/mol. The van der Waals surface area contributed by atoms with Crippen molar-refractivity contribution in [1.29, 1.82) is 0 Å². The molecule has 0 saturated heterocycles. The second-order valence-electron chi connectivity index (χ2n) is 3.62. The molecule has 0 aromatic carbocycles. The van der Waals surface area contributed by atoms with Gasteiger partial charge in [-0.1, -0.05) is 11.6 Å². The number of hydrogen-bond donors (Lipinski definition) is 1. The van der Waals surface area contributed by atoms with Crippen LogP contribution in [0.3, 0.4) is 0 Å². The standard InChI is InChI=1S/C9H9ClN4O3S2/c1-5(15)7-4-18-9(12-7)13-19(16,17)8-6(10)3-11-14(8)2/h3-4H,1-2H3,(H,12,13). The first-order valence-electron chi connectivity index (χ1n) is 4.98. The SMILES string of the molecule is CC(=O)c1csc(NS(=O)(=O)c2c(Cl)cnn2C)n1. The van der Waals surface area contributed by atoms with E-state index in [0.29, 0.717) is 0 Å². The second-order valence-corrected chi connectivity index (χ2v) is 6.48. The maximum Gasteiger partial charge on any atom is 0.282 e. The lowest BCUT2D eigenvalue weighted by atomic mass is 10.4. The monoisotopic (exact) mass is 320 g/mol. The van der Waals surface area contributed by atoms with E-state index in [1.165, 1.54) is 25.5 Å². The van der Waals surface area contributed by atoms with Crippen LogP contribution in [0.5, 0.6) is 0 Å². The van der Waals surface area contributed by atoms with Gasteiger partial charge in [0, 0.05) is 19.4 Å². The summed E-state index contributed by atoms with van der Waals surface area (Å²) >= 11 is 6.80. The van der Waals surface area contributed by atoms with Gasteiger partial charge in [-0.25, -0.2) is 4.98 Å². The molecule has 7 nitrogen and oxygen atoms in total. The smallest absolute Gasteiger partial charge is 0.282 e. The molecule has 0 spiro atoms. The van der Waals surface area contributed by atoms with Crippen molar-refractivity contribution in [2.45, 2.75) is 11.9 Å². The fourth-order valence-corrected chi connectivity index (χ4v) is 4.01. The van der Waals surface area contributed by atoms with Crippen molar-refractivity contribution in [2.24, 2.45) is 7.05 Å². The quantitative estimate of drug-likeness (QED) is 0.862. The minimum Gasteiger partial charge on any atom is -0.293 e. The molecular formula is C9H9ClN4O3S2. The molecule has 1 N–H and O–H groups in total. The van der Waals surface area contributed by atoms with Crippen LogP contribution in [0.2, 0.25) is 5.02 Å². The molecule has 0 radical (unpaired) electrons. The molecule has 0 aliphatic rings. The fourth-order valence-electron chi connectivity index (χ4n) is 1.35. The summed E-state index contributed by atoms with van der Waals surface area (Å²) < 4.78 is 27.6. The maximum atomic E-state index is 12.1. The summed E-state index contributed by atoms with van der Waals surface area (Å²) in [6.07, 6.45) is 1.24. The first kappa shape index (κ1) is 14.0. The number of carbonyl (C=O) groups is 1. The van der Waals surface area contributed by atoms with Gasteiger partial charge in [0.2, 0.25) is 0 Å². The minimum atomic E-state index is -3.89. The summed E-state index contributed by atoms with van der Waals surface area (Å²) in [5.41, 5.74) is 0.207. The zero-order chi connectivity index (χ0) is 14.2. The Balaban J connectivity index is 2.34. The lowest BCUT2D eigenvalue weighted by Gasteiger charge is -2.05. The van der Waals surface area contributed by atoms with Gasteiger partial charge in [0.05, 0.1) is 11.2 Å². The van der Waals surface area contributed by atoms with Crippen LogP contribution in [0.15, 0.2) is 16.6 Å². The number of nitrogens with one attached hydrogen (secondary N) is 1. The van der Waals surface area contributed by atoms with Crippen molar-refractivity contribution in [3.05, 3.63) is 22.3 Å². The number of hydrogen-bond acceptors (Lipinski definition) is 6. The number of nitrogens with zero attached hydrogens (tertiary/aromatic N) is 3. The van der Waals surface area contributed by atoms with E-state index in [1.807, 2.05) is 0 Å². The highest BCUT2D eigenvalue weighted by atomic mass is 35.5. The molecule has 0 bridgehead atoms. The van der Waals surface area contributed by atoms with Gasteiger partial charge in [0.1, 0.15) is 5.69 Å². The van der Waals surface area contributed by atoms with Gasteiger partial charge in [-0.05, 0) is 0 Å². The topological polar surface area (TPSA) is 94.0 Å². The number of rotatable bonds is 4. The number of thiazole rings is 1. The largest absolute Gasteiger partial charge is 0.293 e. The normalized spacial score (nSPS) is 11.5. The lowest BCUT2D eigenvalue weighted by molar-refractivity contribution is 0.101. The molecule has 2 rings (SSSR count). The van der Waals surface area contributed by atoms with E-state index in [4.69, 9.17) is 11.6 Å². The first-order valence-corrected chi connectivity index (χ1v) is 7.72. The lowest BCUT2D eigenvalue weighted by Crippen LogP contribution is -2.17. The minimum absolute atomic E-state index is 0.0124. The predicted molar refractivity (Wildman–Crippen MR) is 71.1 cm³/mol. The molecule has 0 amide bonds. The van der Waals surface area contributed by atoms with Gasteiger partial charge in [0.15, 0.2) is 15.9 Å². The number of sulfonamides is 1. The summed E-state index contributed by atoms with van der Waals surface area (Å²) in [5.74, 6) is -0.236. The molecule has 2 heterocycles. The van der Waals surface area contributed by atoms with E-state index >= 15 is 0 Å². The highest BCUT2D eigenvalue weighted by Crippen LogP contribution is 2.24. The number of ketones is 1. The fraction of sp³-hybridized carbons (Fsp3) is 0.222. The molecule has 0 atom stereocenters. The molecule has 0 fully saturated rings. The highest BCUT2D eigenvalue weighted by molar-refractivity contribution is 7.93. The van der Waals surface area contributed by atoms with Crippen molar-refractivity contribution in [2.75, 3.05) is 4.72 Å². The summed E-state index contributed by atoms with van der Waals surface area (Å²) in [4.78, 5) is 15.0. The van der Waals surface area contributed by atoms with E-state index in [1.54, 1.807) is 0 Å². The summed E-state index contributed by atoms with van der Waals surface area (Å²) in [5, 5.41) is 5.18. The molecule has 10 heteroatoms. The Morgan fingerprint density at radius 2 is 2.21 bits per heavy atom. The molecular weight excluding hydrogens is 312 g/mol. The van der Waals surface area contributed by atoms with E-state index in [0.717, 1.165) is 16.0 Å². The van der Waals surface area contributed by atoms with E-state index in [2.05, 4.69) is 14.8 Å². The van der Waals surface area contributed by atoms with Gasteiger partial charge in [0.25, 0.3) is 10.0 Å². The number of halogens is 1. The summed E-state index contributed by atoms with van der Waals surface area (Å²) in [6.45, 7) is 1.35. The Hall–Kier alpha value is -1.45. The summed E-state index contributed by atoms with van der Waals surface area (Å²) in [6, 6.07) is 0. The van der Waals surface area contributed by atoms with E-state index in [-0.39, 0.29) is 26.7 Å². The van der Waals surface area contributed by atoms with Crippen LogP contribution in [0.4, 0.5) is 5.13 Å². The van der Waals surface area contributed by atoms with E-state index in [9.17, 15) is 13.2 Å². The molecule has 19 heavy (non-hydrogen) atoms. The zero-order valence-corrected chi connectivity index (χ0v) is 12.3. The maximum absolute atomic E-state index is 12.1. The van der Waals surface area contributed by atoms with Crippen LogP contribution in [0, 0.1) is 0 Å². The number of anilines is 1. The van der Waals surface area contributed by atoms with Crippen LogP contribution in [-0.2, 0) is 17.1 Å². The van der Waals surface area contributed by atoms with Crippen molar-refractivity contribution in [1.82, 2.24) is 14.8 Å².